The zero-order valence-electron chi connectivity index (χ0n) is 11.2. The maximum atomic E-state index is 6.53. The van der Waals surface area contributed by atoms with Crippen LogP contribution in [0.5, 0.6) is 0 Å². The molecular formula is C16H17ClN2S. The van der Waals surface area contributed by atoms with Crippen LogP contribution in [-0.2, 0) is 0 Å². The van der Waals surface area contributed by atoms with E-state index in [-0.39, 0.29) is 5.38 Å². The molecule has 0 amide bonds. The molecule has 0 aliphatic heterocycles. The molecule has 20 heavy (non-hydrogen) atoms. The van der Waals surface area contributed by atoms with Crippen molar-refractivity contribution in [2.45, 2.75) is 37.0 Å². The fourth-order valence-corrected chi connectivity index (χ4v) is 5.03. The summed E-state index contributed by atoms with van der Waals surface area (Å²) in [6.45, 7) is 0. The number of aromatic nitrogens is 2. The molecule has 3 unspecified atom stereocenters. The van der Waals surface area contributed by atoms with Gasteiger partial charge in [-0.3, -0.25) is 0 Å². The van der Waals surface area contributed by atoms with Crippen molar-refractivity contribution in [2.24, 2.45) is 11.8 Å². The molecule has 0 spiro atoms. The predicted octanol–water partition coefficient (Wildman–Crippen LogP) is 4.77. The first kappa shape index (κ1) is 12.8. The second-order valence-corrected chi connectivity index (χ2v) is 7.37. The Balaban J connectivity index is 1.54. The van der Waals surface area contributed by atoms with Gasteiger partial charge in [0.2, 0.25) is 0 Å². The maximum Gasteiger partial charge on any atom is 0.139 e. The molecule has 2 aliphatic carbocycles. The molecule has 0 bridgehead atoms. The normalized spacial score (nSPS) is 29.8. The number of fused-ring (bicyclic) bond motifs is 1. The molecule has 3 atom stereocenters. The molecule has 2 nitrogen and oxygen atoms in total. The van der Waals surface area contributed by atoms with Crippen molar-refractivity contribution in [1.82, 2.24) is 10.2 Å². The number of rotatable bonds is 3. The first-order valence-corrected chi connectivity index (χ1v) is 8.62. The number of halogens is 1. The summed E-state index contributed by atoms with van der Waals surface area (Å²) in [4.78, 5) is 0. The van der Waals surface area contributed by atoms with E-state index in [0.29, 0.717) is 5.92 Å². The van der Waals surface area contributed by atoms with E-state index in [1.54, 1.807) is 11.3 Å². The summed E-state index contributed by atoms with van der Waals surface area (Å²) in [6, 6.07) is 10.1. The van der Waals surface area contributed by atoms with Crippen LogP contribution in [0.1, 0.15) is 52.6 Å². The van der Waals surface area contributed by atoms with Gasteiger partial charge in [0.1, 0.15) is 15.4 Å². The summed E-state index contributed by atoms with van der Waals surface area (Å²) in [7, 11) is 0. The van der Waals surface area contributed by atoms with Gasteiger partial charge in [-0.2, -0.15) is 0 Å². The lowest BCUT2D eigenvalue weighted by Crippen LogP contribution is -1.91. The third-order valence-electron chi connectivity index (χ3n) is 4.71. The topological polar surface area (TPSA) is 25.8 Å². The number of alkyl halides is 1. The molecule has 0 N–H and O–H groups in total. The van der Waals surface area contributed by atoms with Crippen molar-refractivity contribution in [3.05, 3.63) is 45.9 Å². The van der Waals surface area contributed by atoms with Crippen molar-refractivity contribution < 1.29 is 0 Å². The molecule has 2 aromatic rings. The van der Waals surface area contributed by atoms with Gasteiger partial charge in [-0.05, 0) is 30.2 Å². The van der Waals surface area contributed by atoms with E-state index in [0.717, 1.165) is 22.4 Å². The van der Waals surface area contributed by atoms with Gasteiger partial charge in [0.15, 0.2) is 0 Å². The Bertz CT molecular complexity index is 586. The molecular weight excluding hydrogens is 288 g/mol. The number of hydrogen-bond donors (Lipinski definition) is 0. The minimum absolute atomic E-state index is 0.164. The highest BCUT2D eigenvalue weighted by molar-refractivity contribution is 7.11. The Labute approximate surface area is 128 Å². The molecule has 1 aromatic heterocycles. The van der Waals surface area contributed by atoms with Gasteiger partial charge in [-0.25, -0.2) is 0 Å². The molecule has 1 aromatic carbocycles. The SMILES string of the molecule is ClC(c1ccccc1)c1nnc(C2C3CCCCC32)s1. The van der Waals surface area contributed by atoms with Gasteiger partial charge < -0.3 is 0 Å². The number of benzene rings is 1. The predicted molar refractivity (Wildman–Crippen MR) is 82.2 cm³/mol. The average molecular weight is 305 g/mol. The van der Waals surface area contributed by atoms with E-state index in [1.807, 2.05) is 18.2 Å². The van der Waals surface area contributed by atoms with Crippen molar-refractivity contribution in [2.75, 3.05) is 0 Å². The second-order valence-electron chi connectivity index (χ2n) is 5.89. The minimum Gasteiger partial charge on any atom is -0.143 e. The first-order chi connectivity index (χ1) is 9.84. The van der Waals surface area contributed by atoms with Crippen molar-refractivity contribution in [3.8, 4) is 0 Å². The standard InChI is InChI=1S/C16H17ClN2S/c17-14(10-6-2-1-3-7-10)16-19-18-15(20-16)13-11-8-4-5-9-12(11)13/h1-3,6-7,11-14H,4-5,8-9H2. The third-order valence-corrected chi connectivity index (χ3v) is 6.38. The van der Waals surface area contributed by atoms with E-state index in [4.69, 9.17) is 11.6 Å². The zero-order chi connectivity index (χ0) is 13.5. The highest BCUT2D eigenvalue weighted by atomic mass is 35.5. The Morgan fingerprint density at radius 2 is 1.75 bits per heavy atom. The van der Waals surface area contributed by atoms with Crippen LogP contribution in [0.25, 0.3) is 0 Å². The summed E-state index contributed by atoms with van der Waals surface area (Å²) in [5.74, 6) is 2.45. The number of nitrogens with zero attached hydrogens (tertiary/aromatic N) is 2. The van der Waals surface area contributed by atoms with Gasteiger partial charge in [-0.15, -0.1) is 21.8 Å². The molecule has 2 saturated carbocycles. The van der Waals surface area contributed by atoms with Crippen molar-refractivity contribution in [1.29, 1.82) is 0 Å². The summed E-state index contributed by atoms with van der Waals surface area (Å²) in [5, 5.41) is 10.8. The van der Waals surface area contributed by atoms with Crippen LogP contribution >= 0.6 is 22.9 Å². The lowest BCUT2D eigenvalue weighted by molar-refractivity contribution is 0.480. The quantitative estimate of drug-likeness (QED) is 0.763. The Hall–Kier alpha value is -0.930. The molecule has 104 valence electrons. The van der Waals surface area contributed by atoms with Gasteiger partial charge >= 0.3 is 0 Å². The fourth-order valence-electron chi connectivity index (χ4n) is 3.61. The smallest absolute Gasteiger partial charge is 0.139 e. The Morgan fingerprint density at radius 1 is 1.05 bits per heavy atom. The lowest BCUT2D eigenvalue weighted by atomic mass is 10.0. The Morgan fingerprint density at radius 3 is 2.45 bits per heavy atom. The third kappa shape index (κ3) is 2.17. The maximum absolute atomic E-state index is 6.53. The zero-order valence-corrected chi connectivity index (χ0v) is 12.8. The van der Waals surface area contributed by atoms with Crippen LogP contribution in [0, 0.1) is 11.8 Å². The van der Waals surface area contributed by atoms with Crippen LogP contribution in [0.3, 0.4) is 0 Å². The van der Waals surface area contributed by atoms with Gasteiger partial charge in [0.05, 0.1) is 0 Å². The van der Waals surface area contributed by atoms with Crippen LogP contribution in [0.4, 0.5) is 0 Å². The Kier molecular flexibility index (Phi) is 3.27. The average Bonchev–Trinajstić information content (AvgIpc) is 3.04. The highest BCUT2D eigenvalue weighted by Crippen LogP contribution is 2.61. The van der Waals surface area contributed by atoms with E-state index in [9.17, 15) is 0 Å². The summed E-state index contributed by atoms with van der Waals surface area (Å²) < 4.78 is 0. The largest absolute Gasteiger partial charge is 0.143 e. The van der Waals surface area contributed by atoms with E-state index in [2.05, 4.69) is 22.3 Å². The van der Waals surface area contributed by atoms with Crippen LogP contribution < -0.4 is 0 Å². The van der Waals surface area contributed by atoms with Gasteiger partial charge in [0, 0.05) is 5.92 Å². The molecule has 4 heteroatoms. The van der Waals surface area contributed by atoms with Crippen molar-refractivity contribution in [3.63, 3.8) is 0 Å². The number of hydrogen-bond acceptors (Lipinski definition) is 3. The van der Waals surface area contributed by atoms with E-state index >= 15 is 0 Å². The summed E-state index contributed by atoms with van der Waals surface area (Å²) in [6.07, 6.45) is 5.55. The van der Waals surface area contributed by atoms with Gasteiger partial charge in [0.25, 0.3) is 0 Å². The molecule has 2 aliphatic rings. The molecule has 0 radical (unpaired) electrons. The molecule has 2 fully saturated rings. The van der Waals surface area contributed by atoms with Crippen molar-refractivity contribution >= 4 is 22.9 Å². The highest BCUT2D eigenvalue weighted by Gasteiger charge is 2.53. The lowest BCUT2D eigenvalue weighted by Gasteiger charge is -2.04. The summed E-state index contributed by atoms with van der Waals surface area (Å²) in [5.41, 5.74) is 1.10. The minimum atomic E-state index is -0.164. The molecule has 1 heterocycles. The van der Waals surface area contributed by atoms with E-state index in [1.165, 1.54) is 30.7 Å². The fraction of sp³-hybridized carbons (Fsp3) is 0.500. The van der Waals surface area contributed by atoms with Crippen LogP contribution in [0.15, 0.2) is 30.3 Å². The van der Waals surface area contributed by atoms with Crippen LogP contribution in [0.2, 0.25) is 0 Å². The molecule has 0 saturated heterocycles. The van der Waals surface area contributed by atoms with Crippen LogP contribution in [-0.4, -0.2) is 10.2 Å². The first-order valence-electron chi connectivity index (χ1n) is 7.37. The summed E-state index contributed by atoms with van der Waals surface area (Å²) >= 11 is 8.25. The van der Waals surface area contributed by atoms with E-state index < -0.39 is 0 Å². The molecule has 4 rings (SSSR count). The monoisotopic (exact) mass is 304 g/mol. The van der Waals surface area contributed by atoms with Gasteiger partial charge in [-0.1, -0.05) is 54.5 Å². The second kappa shape index (κ2) is 5.12.